The first kappa shape index (κ1) is 37.8. The van der Waals surface area contributed by atoms with Gasteiger partial charge >= 0.3 is 6.18 Å². The number of hydrogen-bond donors (Lipinski definition) is 2. The summed E-state index contributed by atoms with van der Waals surface area (Å²) in [4.78, 5) is 57.3. The number of carbonyl (C=O) groups is 2. The van der Waals surface area contributed by atoms with E-state index in [4.69, 9.17) is 16.3 Å². The highest BCUT2D eigenvalue weighted by molar-refractivity contribution is 6.33. The van der Waals surface area contributed by atoms with Crippen molar-refractivity contribution in [1.29, 1.82) is 0 Å². The van der Waals surface area contributed by atoms with Crippen LogP contribution in [0.5, 0.6) is 5.75 Å². The van der Waals surface area contributed by atoms with E-state index in [1.165, 1.54) is 34.9 Å². The van der Waals surface area contributed by atoms with E-state index >= 15 is 4.39 Å². The number of anilines is 1. The predicted molar refractivity (Wildman–Crippen MR) is 190 cm³/mol. The molecule has 2 aromatic carbocycles. The quantitative estimate of drug-likeness (QED) is 0.213. The molecular weight excluding hydrogens is 750 g/mol. The van der Waals surface area contributed by atoms with E-state index in [0.29, 0.717) is 18.2 Å². The maximum Gasteiger partial charge on any atom is 0.416 e. The summed E-state index contributed by atoms with van der Waals surface area (Å²) in [6.45, 7) is 3.37. The normalized spacial score (nSPS) is 16.6. The van der Waals surface area contributed by atoms with Crippen LogP contribution >= 0.6 is 11.6 Å². The van der Waals surface area contributed by atoms with E-state index in [-0.39, 0.29) is 82.2 Å². The standard InChI is InChI=1S/C36H34ClF4N9O5/c1-18-30(52)28(43-17-42-18)33(54)48-11-9-35(10-12-48)27-29(19(2)55-35)49(16-26(51)44-25-8-6-21(14-23(25)37)36(39,40)41)34-45-31(46-50(34)32(27)53)22-7-5-20(13-24(22)38)15-47(3)4/h5-8,13-14,17,19,52H,9-12,15-16H2,1-4H3,(H,44,51). The number of hydrogen-bond acceptors (Lipinski definition) is 10. The molecule has 7 rings (SSSR count). The third-order valence-corrected chi connectivity index (χ3v) is 10.1. The van der Waals surface area contributed by atoms with Gasteiger partial charge in [-0.1, -0.05) is 17.7 Å². The number of halogens is 5. The Morgan fingerprint density at radius 2 is 1.85 bits per heavy atom. The van der Waals surface area contributed by atoms with Crippen molar-refractivity contribution in [2.45, 2.75) is 57.7 Å². The Morgan fingerprint density at radius 3 is 2.51 bits per heavy atom. The van der Waals surface area contributed by atoms with E-state index in [1.807, 2.05) is 19.0 Å². The molecule has 19 heteroatoms. The average Bonchev–Trinajstić information content (AvgIpc) is 3.68. The Hall–Kier alpha value is -5.46. The number of likely N-dealkylation sites (tertiary alicyclic amines) is 1. The number of benzene rings is 2. The second-order valence-electron chi connectivity index (χ2n) is 13.8. The van der Waals surface area contributed by atoms with E-state index in [9.17, 15) is 32.7 Å². The first-order valence-corrected chi connectivity index (χ1v) is 17.5. The number of fused-ring (bicyclic) bond motifs is 3. The minimum Gasteiger partial charge on any atom is -0.504 e. The number of piperidine rings is 1. The molecule has 0 bridgehead atoms. The molecular formula is C36H34ClF4N9O5. The molecule has 3 aromatic heterocycles. The van der Waals surface area contributed by atoms with Gasteiger partial charge in [0.15, 0.2) is 17.3 Å². The first-order valence-electron chi connectivity index (χ1n) is 17.1. The van der Waals surface area contributed by atoms with Gasteiger partial charge in [0.25, 0.3) is 11.5 Å². The van der Waals surface area contributed by atoms with Gasteiger partial charge in [0, 0.05) is 19.6 Å². The van der Waals surface area contributed by atoms with Crippen molar-refractivity contribution in [1.82, 2.24) is 38.9 Å². The van der Waals surface area contributed by atoms with Crippen LogP contribution in [0, 0.1) is 12.7 Å². The molecule has 288 valence electrons. The Morgan fingerprint density at radius 1 is 1.13 bits per heavy atom. The molecule has 14 nitrogen and oxygen atoms in total. The second-order valence-corrected chi connectivity index (χ2v) is 14.2. The molecule has 1 fully saturated rings. The van der Waals surface area contributed by atoms with Crippen LogP contribution in [0.4, 0.5) is 23.2 Å². The lowest BCUT2D eigenvalue weighted by atomic mass is 9.85. The fourth-order valence-electron chi connectivity index (χ4n) is 7.19. The summed E-state index contributed by atoms with van der Waals surface area (Å²) in [7, 11) is 3.68. The molecule has 1 unspecified atom stereocenters. The van der Waals surface area contributed by atoms with E-state index in [1.54, 1.807) is 13.0 Å². The molecule has 0 saturated carbocycles. The highest BCUT2D eigenvalue weighted by Crippen LogP contribution is 2.48. The number of alkyl halides is 3. The van der Waals surface area contributed by atoms with Crippen LogP contribution in [0.3, 0.4) is 0 Å². The van der Waals surface area contributed by atoms with Gasteiger partial charge in [-0.25, -0.2) is 14.4 Å². The van der Waals surface area contributed by atoms with Crippen LogP contribution in [-0.2, 0) is 34.4 Å². The second kappa shape index (κ2) is 14.0. The SMILES string of the molecule is Cc1ncnc(C(=O)N2CCC3(CC2)OC(C)c2c3c(=O)n3nc(-c4ccc(CN(C)C)cc4F)nc3n2CC(=O)Nc2ccc(C(F)(F)F)cc2Cl)c1O. The number of amides is 2. The van der Waals surface area contributed by atoms with E-state index in [2.05, 4.69) is 25.4 Å². The van der Waals surface area contributed by atoms with Crippen LogP contribution < -0.4 is 10.9 Å². The summed E-state index contributed by atoms with van der Waals surface area (Å²) in [5.41, 5.74) is -1.73. The molecule has 2 amide bonds. The molecule has 1 spiro atoms. The summed E-state index contributed by atoms with van der Waals surface area (Å²) in [5, 5.41) is 17.0. The number of aromatic hydroxyl groups is 1. The van der Waals surface area contributed by atoms with Gasteiger partial charge in [-0.05, 0) is 76.7 Å². The Bertz CT molecular complexity index is 2430. The summed E-state index contributed by atoms with van der Waals surface area (Å²) in [5.74, 6) is -2.47. The van der Waals surface area contributed by atoms with Crippen LogP contribution in [-0.4, -0.2) is 83.0 Å². The van der Waals surface area contributed by atoms with Crippen LogP contribution in [0.2, 0.25) is 5.02 Å². The fourth-order valence-corrected chi connectivity index (χ4v) is 7.42. The summed E-state index contributed by atoms with van der Waals surface area (Å²) >= 11 is 6.13. The zero-order valence-corrected chi connectivity index (χ0v) is 30.7. The van der Waals surface area contributed by atoms with Gasteiger partial charge < -0.3 is 29.5 Å². The molecule has 1 saturated heterocycles. The molecule has 2 aliphatic rings. The number of aromatic nitrogens is 6. The molecule has 1 atom stereocenters. The van der Waals surface area contributed by atoms with E-state index < -0.39 is 53.2 Å². The first-order chi connectivity index (χ1) is 26.0. The van der Waals surface area contributed by atoms with Crippen molar-refractivity contribution in [2.75, 3.05) is 32.5 Å². The highest BCUT2D eigenvalue weighted by atomic mass is 35.5. The topological polar surface area (TPSA) is 160 Å². The van der Waals surface area contributed by atoms with Gasteiger partial charge in [0.1, 0.15) is 24.3 Å². The molecule has 5 aromatic rings. The Balaban J connectivity index is 1.29. The summed E-state index contributed by atoms with van der Waals surface area (Å²) in [6.07, 6.45) is -4.00. The van der Waals surface area contributed by atoms with Gasteiger partial charge in [0.2, 0.25) is 11.7 Å². The lowest BCUT2D eigenvalue weighted by Crippen LogP contribution is -2.47. The zero-order valence-electron chi connectivity index (χ0n) is 29.9. The Labute approximate surface area is 315 Å². The molecule has 0 radical (unpaired) electrons. The molecule has 0 aliphatic carbocycles. The monoisotopic (exact) mass is 783 g/mol. The number of rotatable bonds is 7. The minimum atomic E-state index is -4.65. The zero-order chi connectivity index (χ0) is 39.6. The number of aryl methyl sites for hydroxylation is 1. The van der Waals surface area contributed by atoms with Crippen molar-refractivity contribution in [3.8, 4) is 17.1 Å². The van der Waals surface area contributed by atoms with E-state index in [0.717, 1.165) is 16.6 Å². The molecule has 55 heavy (non-hydrogen) atoms. The van der Waals surface area contributed by atoms with Gasteiger partial charge in [-0.3, -0.25) is 14.4 Å². The van der Waals surface area contributed by atoms with Gasteiger partial charge in [-0.15, -0.1) is 5.10 Å². The smallest absolute Gasteiger partial charge is 0.416 e. The fraction of sp³-hybridized carbons (Fsp3) is 0.361. The number of nitrogens with one attached hydrogen (secondary N) is 1. The van der Waals surface area contributed by atoms with Crippen LogP contribution in [0.1, 0.15) is 64.4 Å². The van der Waals surface area contributed by atoms with Gasteiger partial charge in [-0.2, -0.15) is 22.7 Å². The molecule has 2 aliphatic heterocycles. The van der Waals surface area contributed by atoms with Crippen LogP contribution in [0.15, 0.2) is 47.5 Å². The third-order valence-electron chi connectivity index (χ3n) is 9.74. The van der Waals surface area contributed by atoms with Gasteiger partial charge in [0.05, 0.1) is 44.9 Å². The largest absolute Gasteiger partial charge is 0.504 e. The van der Waals surface area contributed by atoms with Crippen molar-refractivity contribution in [3.63, 3.8) is 0 Å². The highest BCUT2D eigenvalue weighted by Gasteiger charge is 2.51. The maximum atomic E-state index is 15.5. The van der Waals surface area contributed by atoms with Crippen molar-refractivity contribution < 1.29 is 37.0 Å². The summed E-state index contributed by atoms with van der Waals surface area (Å²) < 4.78 is 64.3. The predicted octanol–water partition coefficient (Wildman–Crippen LogP) is 5.10. The molecule has 2 N–H and O–H groups in total. The van der Waals surface area contributed by atoms with Crippen molar-refractivity contribution in [3.05, 3.63) is 97.7 Å². The van der Waals surface area contributed by atoms with Crippen LogP contribution in [0.25, 0.3) is 17.2 Å². The summed E-state index contributed by atoms with van der Waals surface area (Å²) in [6, 6.07) is 7.06. The van der Waals surface area contributed by atoms with Crippen molar-refractivity contribution >= 4 is 34.9 Å². The number of carbonyl (C=O) groups excluding carboxylic acids is 2. The number of ether oxygens (including phenoxy) is 1. The number of nitrogens with zero attached hydrogens (tertiary/aromatic N) is 8. The lowest BCUT2D eigenvalue weighted by molar-refractivity contribution is -0.137. The average molecular weight is 784 g/mol. The third kappa shape index (κ3) is 6.89. The minimum absolute atomic E-state index is 0.00680. The van der Waals surface area contributed by atoms with Crippen molar-refractivity contribution in [2.24, 2.45) is 0 Å². The molecule has 5 heterocycles. The maximum absolute atomic E-state index is 15.5. The lowest BCUT2D eigenvalue weighted by Gasteiger charge is -2.39. The Kier molecular flexibility index (Phi) is 9.63.